The zero-order valence-electron chi connectivity index (χ0n) is 12.0. The molecular weight excluding hydrogens is 268 g/mol. The van der Waals surface area contributed by atoms with Gasteiger partial charge in [0.1, 0.15) is 5.82 Å². The standard InChI is InChI=1S/C15H20N4O2/c20-15(12-3-1-2-8-21-12)16-9-13-17-18-14(10-4-5-10)19(13)11-6-7-11/h3,10-11H,1-2,4-9H2,(H,16,20). The Balaban J connectivity index is 1.45. The largest absolute Gasteiger partial charge is 0.488 e. The minimum Gasteiger partial charge on any atom is -0.488 e. The number of nitrogens with one attached hydrogen (secondary N) is 1. The zero-order chi connectivity index (χ0) is 14.2. The molecule has 1 aliphatic heterocycles. The molecule has 2 fully saturated rings. The van der Waals surface area contributed by atoms with Crippen LogP contribution in [0.25, 0.3) is 0 Å². The lowest BCUT2D eigenvalue weighted by Crippen LogP contribution is -2.28. The third-order valence-electron chi connectivity index (χ3n) is 4.21. The highest BCUT2D eigenvalue weighted by atomic mass is 16.5. The van der Waals surface area contributed by atoms with Crippen molar-refractivity contribution in [3.63, 3.8) is 0 Å². The van der Waals surface area contributed by atoms with Gasteiger partial charge in [-0.3, -0.25) is 4.79 Å². The highest BCUT2D eigenvalue weighted by Crippen LogP contribution is 2.44. The van der Waals surface area contributed by atoms with E-state index in [9.17, 15) is 4.79 Å². The van der Waals surface area contributed by atoms with E-state index >= 15 is 0 Å². The molecule has 3 aliphatic rings. The number of hydrogen-bond acceptors (Lipinski definition) is 4. The van der Waals surface area contributed by atoms with Gasteiger partial charge in [-0.05, 0) is 44.6 Å². The van der Waals surface area contributed by atoms with E-state index in [4.69, 9.17) is 4.74 Å². The summed E-state index contributed by atoms with van der Waals surface area (Å²) in [5.74, 6) is 2.89. The number of nitrogens with zero attached hydrogens (tertiary/aromatic N) is 3. The summed E-state index contributed by atoms with van der Waals surface area (Å²) >= 11 is 0. The van der Waals surface area contributed by atoms with E-state index in [1.54, 1.807) is 0 Å². The van der Waals surface area contributed by atoms with Gasteiger partial charge in [0.15, 0.2) is 11.6 Å². The second-order valence-corrected chi connectivity index (χ2v) is 6.09. The van der Waals surface area contributed by atoms with Crippen molar-refractivity contribution in [2.45, 2.75) is 57.0 Å². The van der Waals surface area contributed by atoms with Crippen molar-refractivity contribution in [1.82, 2.24) is 20.1 Å². The van der Waals surface area contributed by atoms with Crippen molar-refractivity contribution in [3.8, 4) is 0 Å². The first-order chi connectivity index (χ1) is 10.3. The van der Waals surface area contributed by atoms with Gasteiger partial charge in [-0.15, -0.1) is 10.2 Å². The average Bonchev–Trinajstić information content (AvgIpc) is 3.44. The molecule has 0 aromatic carbocycles. The van der Waals surface area contributed by atoms with Crippen LogP contribution in [0.2, 0.25) is 0 Å². The Morgan fingerprint density at radius 1 is 1.33 bits per heavy atom. The molecule has 2 saturated carbocycles. The number of rotatable bonds is 5. The van der Waals surface area contributed by atoms with E-state index in [-0.39, 0.29) is 5.91 Å². The molecule has 0 saturated heterocycles. The summed E-state index contributed by atoms with van der Waals surface area (Å²) in [7, 11) is 0. The number of hydrogen-bond donors (Lipinski definition) is 1. The van der Waals surface area contributed by atoms with Crippen LogP contribution in [0, 0.1) is 0 Å². The fraction of sp³-hybridized carbons (Fsp3) is 0.667. The zero-order valence-corrected chi connectivity index (χ0v) is 12.0. The van der Waals surface area contributed by atoms with Crippen molar-refractivity contribution in [1.29, 1.82) is 0 Å². The molecule has 2 heterocycles. The highest BCUT2D eigenvalue weighted by molar-refractivity contribution is 5.91. The lowest BCUT2D eigenvalue weighted by molar-refractivity contribution is -0.121. The molecule has 4 rings (SSSR count). The Morgan fingerprint density at radius 2 is 2.19 bits per heavy atom. The van der Waals surface area contributed by atoms with Crippen molar-refractivity contribution in [2.75, 3.05) is 6.61 Å². The van der Waals surface area contributed by atoms with E-state index in [0.29, 0.717) is 30.9 Å². The summed E-state index contributed by atoms with van der Waals surface area (Å²) in [6.45, 7) is 1.05. The van der Waals surface area contributed by atoms with Gasteiger partial charge < -0.3 is 14.6 Å². The monoisotopic (exact) mass is 288 g/mol. The Kier molecular flexibility index (Phi) is 3.16. The topological polar surface area (TPSA) is 69.0 Å². The summed E-state index contributed by atoms with van der Waals surface area (Å²) in [5.41, 5.74) is 0. The molecule has 0 atom stereocenters. The normalized spacial score (nSPS) is 21.6. The number of carbonyl (C=O) groups is 1. The Hall–Kier alpha value is -1.85. The quantitative estimate of drug-likeness (QED) is 0.897. The van der Waals surface area contributed by atoms with Gasteiger partial charge in [0.25, 0.3) is 5.91 Å². The first-order valence-corrected chi connectivity index (χ1v) is 7.88. The number of ether oxygens (including phenoxy) is 1. The molecule has 0 spiro atoms. The fourth-order valence-electron chi connectivity index (χ4n) is 2.77. The molecule has 1 amide bonds. The first-order valence-electron chi connectivity index (χ1n) is 7.88. The van der Waals surface area contributed by atoms with E-state index in [2.05, 4.69) is 20.1 Å². The molecule has 1 aromatic heterocycles. The maximum absolute atomic E-state index is 12.1. The molecule has 21 heavy (non-hydrogen) atoms. The first kappa shape index (κ1) is 12.9. The van der Waals surface area contributed by atoms with Crippen LogP contribution in [0.1, 0.15) is 62.1 Å². The van der Waals surface area contributed by atoms with Crippen LogP contribution in [0.5, 0.6) is 0 Å². The maximum atomic E-state index is 12.1. The lowest BCUT2D eigenvalue weighted by Gasteiger charge is -2.14. The Labute approximate surface area is 123 Å². The van der Waals surface area contributed by atoms with Crippen LogP contribution in [-0.2, 0) is 16.1 Å². The van der Waals surface area contributed by atoms with Gasteiger partial charge in [0.05, 0.1) is 13.2 Å². The maximum Gasteiger partial charge on any atom is 0.286 e. The van der Waals surface area contributed by atoms with Crippen molar-refractivity contribution < 1.29 is 9.53 Å². The van der Waals surface area contributed by atoms with Crippen LogP contribution in [0.4, 0.5) is 0 Å². The third kappa shape index (κ3) is 2.66. The second-order valence-electron chi connectivity index (χ2n) is 6.09. The predicted molar refractivity (Wildman–Crippen MR) is 75.4 cm³/mol. The van der Waals surface area contributed by atoms with Gasteiger partial charge in [-0.2, -0.15) is 0 Å². The Morgan fingerprint density at radius 3 is 2.86 bits per heavy atom. The molecule has 1 aromatic rings. The number of aromatic nitrogens is 3. The number of allylic oxidation sites excluding steroid dienone is 1. The van der Waals surface area contributed by atoms with Crippen molar-refractivity contribution in [2.24, 2.45) is 0 Å². The van der Waals surface area contributed by atoms with Gasteiger partial charge in [-0.25, -0.2) is 0 Å². The van der Waals surface area contributed by atoms with Gasteiger partial charge in [0.2, 0.25) is 0 Å². The molecule has 6 nitrogen and oxygen atoms in total. The second kappa shape index (κ2) is 5.16. The van der Waals surface area contributed by atoms with Crippen LogP contribution in [-0.4, -0.2) is 27.3 Å². The predicted octanol–water partition coefficient (Wildman–Crippen LogP) is 1.80. The van der Waals surface area contributed by atoms with Crippen LogP contribution >= 0.6 is 0 Å². The minimum absolute atomic E-state index is 0.145. The fourth-order valence-corrected chi connectivity index (χ4v) is 2.77. The summed E-state index contributed by atoms with van der Waals surface area (Å²) in [6, 6.07) is 0.549. The summed E-state index contributed by atoms with van der Waals surface area (Å²) in [6.07, 6.45) is 8.60. The van der Waals surface area contributed by atoms with Gasteiger partial charge >= 0.3 is 0 Å². The van der Waals surface area contributed by atoms with Crippen LogP contribution < -0.4 is 5.32 Å². The van der Waals surface area contributed by atoms with Crippen LogP contribution in [0.3, 0.4) is 0 Å². The Bertz CT molecular complexity index is 584. The molecule has 112 valence electrons. The molecule has 0 bridgehead atoms. The summed E-state index contributed by atoms with van der Waals surface area (Å²) in [4.78, 5) is 12.1. The molecule has 2 aliphatic carbocycles. The van der Waals surface area contributed by atoms with Gasteiger partial charge in [-0.1, -0.05) is 0 Å². The molecule has 0 radical (unpaired) electrons. The molecule has 1 N–H and O–H groups in total. The number of amides is 1. The molecular formula is C15H20N4O2. The van der Waals surface area contributed by atoms with Crippen LogP contribution in [0.15, 0.2) is 11.8 Å². The lowest BCUT2D eigenvalue weighted by atomic mass is 10.2. The summed E-state index contributed by atoms with van der Waals surface area (Å²) < 4.78 is 7.64. The highest BCUT2D eigenvalue weighted by Gasteiger charge is 2.36. The molecule has 6 heteroatoms. The smallest absolute Gasteiger partial charge is 0.286 e. The van der Waals surface area contributed by atoms with E-state index in [1.807, 2.05) is 6.08 Å². The van der Waals surface area contributed by atoms with Crippen molar-refractivity contribution in [3.05, 3.63) is 23.5 Å². The third-order valence-corrected chi connectivity index (χ3v) is 4.21. The molecule has 0 unspecified atom stereocenters. The van der Waals surface area contributed by atoms with E-state index < -0.39 is 0 Å². The van der Waals surface area contributed by atoms with E-state index in [1.165, 1.54) is 25.7 Å². The average molecular weight is 288 g/mol. The van der Waals surface area contributed by atoms with Crippen molar-refractivity contribution >= 4 is 5.91 Å². The summed E-state index contributed by atoms with van der Waals surface area (Å²) in [5, 5.41) is 11.5. The van der Waals surface area contributed by atoms with E-state index in [0.717, 1.165) is 24.5 Å². The van der Waals surface area contributed by atoms with Gasteiger partial charge in [0, 0.05) is 12.0 Å². The number of carbonyl (C=O) groups excluding carboxylic acids is 1. The minimum atomic E-state index is -0.145. The SMILES string of the molecule is O=C(NCc1nnc(C2CC2)n1C1CC1)C1=CCCCO1.